The van der Waals surface area contributed by atoms with Gasteiger partial charge >= 0.3 is 5.97 Å². The summed E-state index contributed by atoms with van der Waals surface area (Å²) in [5.41, 5.74) is 2.77. The van der Waals surface area contributed by atoms with E-state index in [1.54, 1.807) is 18.2 Å². The summed E-state index contributed by atoms with van der Waals surface area (Å²) in [7, 11) is 1.33. The normalized spacial score (nSPS) is 15.7. The number of morpholine rings is 1. The molecule has 0 saturated carbocycles. The van der Waals surface area contributed by atoms with E-state index in [-0.39, 0.29) is 5.43 Å². The number of rotatable bonds is 3. The molecule has 0 bridgehead atoms. The van der Waals surface area contributed by atoms with Crippen LogP contribution in [0.4, 0.5) is 0 Å². The molecular weight excluding hydrogens is 296 g/mol. The van der Waals surface area contributed by atoms with Gasteiger partial charge in [0.15, 0.2) is 5.43 Å². The summed E-state index contributed by atoms with van der Waals surface area (Å²) in [5.74, 6) is -0.438. The quantitative estimate of drug-likeness (QED) is 0.784. The molecule has 1 aliphatic rings. The van der Waals surface area contributed by atoms with E-state index in [9.17, 15) is 9.59 Å². The van der Waals surface area contributed by atoms with Crippen molar-refractivity contribution in [2.24, 2.45) is 0 Å². The molecule has 1 aliphatic heterocycles. The van der Waals surface area contributed by atoms with Gasteiger partial charge in [-0.25, -0.2) is 4.79 Å². The lowest BCUT2D eigenvalue weighted by Crippen LogP contribution is -3.13. The summed E-state index contributed by atoms with van der Waals surface area (Å²) in [6, 6.07) is 5.02. The van der Waals surface area contributed by atoms with E-state index >= 15 is 0 Å². The Balaban J connectivity index is 2.03. The highest BCUT2D eigenvalue weighted by molar-refractivity contribution is 5.94. The second-order valence-electron chi connectivity index (χ2n) is 5.85. The Morgan fingerprint density at radius 1 is 1.35 bits per heavy atom. The lowest BCUT2D eigenvalue weighted by Gasteiger charge is -2.24. The Labute approximate surface area is 134 Å². The molecule has 1 aromatic carbocycles. The molecule has 2 N–H and O–H groups in total. The van der Waals surface area contributed by atoms with Crippen LogP contribution >= 0.6 is 0 Å². The zero-order chi connectivity index (χ0) is 16.4. The maximum atomic E-state index is 12.9. The number of nitrogens with one attached hydrogen (secondary N) is 2. The smallest absolute Gasteiger partial charge is 0.337 e. The highest BCUT2D eigenvalue weighted by Gasteiger charge is 2.19. The van der Waals surface area contributed by atoms with Gasteiger partial charge in [-0.05, 0) is 25.1 Å². The largest absolute Gasteiger partial charge is 0.465 e. The van der Waals surface area contributed by atoms with Gasteiger partial charge in [0.1, 0.15) is 19.6 Å². The van der Waals surface area contributed by atoms with Gasteiger partial charge in [-0.3, -0.25) is 4.79 Å². The van der Waals surface area contributed by atoms with Crippen LogP contribution in [-0.4, -0.2) is 44.4 Å². The molecule has 0 aliphatic carbocycles. The predicted octanol–water partition coefficient (Wildman–Crippen LogP) is 0.0382. The van der Waals surface area contributed by atoms with Crippen molar-refractivity contribution in [3.8, 4) is 0 Å². The first kappa shape index (κ1) is 15.7. The van der Waals surface area contributed by atoms with Crippen LogP contribution in [0.1, 0.15) is 21.6 Å². The highest BCUT2D eigenvalue weighted by Crippen LogP contribution is 2.14. The number of fused-ring (bicyclic) bond motifs is 1. The zero-order valence-corrected chi connectivity index (χ0v) is 13.4. The van der Waals surface area contributed by atoms with Crippen LogP contribution in [0.2, 0.25) is 0 Å². The van der Waals surface area contributed by atoms with Crippen LogP contribution in [-0.2, 0) is 16.0 Å². The SMILES string of the molecule is COC(=O)c1ccc2[nH]c(C)c(C[NH+]3CCOCC3)c(=O)c2c1. The molecule has 2 aromatic rings. The fourth-order valence-electron chi connectivity index (χ4n) is 3.00. The number of hydrogen-bond donors (Lipinski definition) is 2. The molecule has 23 heavy (non-hydrogen) atoms. The molecule has 6 heteroatoms. The number of H-pyrrole nitrogens is 1. The number of carbonyl (C=O) groups excluding carboxylic acids is 1. The van der Waals surface area contributed by atoms with Crippen LogP contribution in [0.15, 0.2) is 23.0 Å². The first-order valence-electron chi connectivity index (χ1n) is 7.75. The van der Waals surface area contributed by atoms with Crippen molar-refractivity contribution < 1.29 is 19.2 Å². The van der Waals surface area contributed by atoms with Gasteiger partial charge in [0.05, 0.1) is 31.5 Å². The summed E-state index contributed by atoms with van der Waals surface area (Å²) >= 11 is 0. The first-order valence-corrected chi connectivity index (χ1v) is 7.75. The third-order valence-electron chi connectivity index (χ3n) is 4.36. The molecule has 1 aromatic heterocycles. The van der Waals surface area contributed by atoms with Gasteiger partial charge in [0.2, 0.25) is 0 Å². The number of aromatic amines is 1. The third kappa shape index (κ3) is 3.13. The number of quaternary nitrogens is 1. The molecule has 3 rings (SSSR count). The average molecular weight is 317 g/mol. The summed E-state index contributed by atoms with van der Waals surface area (Å²) in [6.45, 7) is 5.85. The van der Waals surface area contributed by atoms with Crippen LogP contribution in [0, 0.1) is 6.92 Å². The van der Waals surface area contributed by atoms with E-state index < -0.39 is 5.97 Å². The van der Waals surface area contributed by atoms with Gasteiger partial charge < -0.3 is 19.4 Å². The minimum atomic E-state index is -0.438. The molecule has 0 unspecified atom stereocenters. The number of methoxy groups -OCH3 is 1. The number of ether oxygens (including phenoxy) is 2. The van der Waals surface area contributed by atoms with Crippen molar-refractivity contribution in [3.63, 3.8) is 0 Å². The van der Waals surface area contributed by atoms with Gasteiger partial charge in [-0.1, -0.05) is 0 Å². The fraction of sp³-hybridized carbons (Fsp3) is 0.412. The number of carbonyl (C=O) groups is 1. The topological polar surface area (TPSA) is 72.8 Å². The standard InChI is InChI=1S/C17H20N2O4/c1-11-14(10-19-5-7-23-8-6-19)16(20)13-9-12(17(21)22-2)3-4-15(13)18-11/h3-4,9H,5-8,10H2,1-2H3,(H,18,20)/p+1. The number of esters is 1. The average Bonchev–Trinajstić information content (AvgIpc) is 2.58. The van der Waals surface area contributed by atoms with Crippen molar-refractivity contribution >= 4 is 16.9 Å². The minimum absolute atomic E-state index is 0.0130. The monoisotopic (exact) mass is 317 g/mol. The molecule has 1 saturated heterocycles. The van der Waals surface area contributed by atoms with Crippen LogP contribution in [0.5, 0.6) is 0 Å². The van der Waals surface area contributed by atoms with Gasteiger partial charge in [-0.15, -0.1) is 0 Å². The Hall–Kier alpha value is -2.18. The van der Waals surface area contributed by atoms with Crippen LogP contribution < -0.4 is 10.3 Å². The molecule has 0 atom stereocenters. The lowest BCUT2D eigenvalue weighted by molar-refractivity contribution is -0.921. The summed E-state index contributed by atoms with van der Waals surface area (Å²) < 4.78 is 10.1. The maximum absolute atomic E-state index is 12.9. The molecule has 122 valence electrons. The van der Waals surface area contributed by atoms with E-state index in [1.165, 1.54) is 12.0 Å². The molecule has 6 nitrogen and oxygen atoms in total. The van der Waals surface area contributed by atoms with E-state index in [4.69, 9.17) is 9.47 Å². The van der Waals surface area contributed by atoms with Crippen molar-refractivity contribution in [3.05, 3.63) is 45.2 Å². The molecular formula is C17H21N2O4+. The van der Waals surface area contributed by atoms with Crippen molar-refractivity contribution in [2.45, 2.75) is 13.5 Å². The number of benzene rings is 1. The van der Waals surface area contributed by atoms with E-state index in [0.717, 1.165) is 43.1 Å². The first-order chi connectivity index (χ1) is 11.1. The van der Waals surface area contributed by atoms with Gasteiger partial charge in [-0.2, -0.15) is 0 Å². The summed E-state index contributed by atoms with van der Waals surface area (Å²) in [6.07, 6.45) is 0. The Morgan fingerprint density at radius 2 is 2.09 bits per heavy atom. The highest BCUT2D eigenvalue weighted by atomic mass is 16.5. The lowest BCUT2D eigenvalue weighted by atomic mass is 10.1. The predicted molar refractivity (Wildman–Crippen MR) is 85.9 cm³/mol. The zero-order valence-electron chi connectivity index (χ0n) is 13.4. The maximum Gasteiger partial charge on any atom is 0.337 e. The van der Waals surface area contributed by atoms with Crippen LogP contribution in [0.3, 0.4) is 0 Å². The Kier molecular flexibility index (Phi) is 4.45. The number of aryl methyl sites for hydroxylation is 1. The second-order valence-corrected chi connectivity index (χ2v) is 5.85. The van der Waals surface area contributed by atoms with Crippen molar-refractivity contribution in [1.29, 1.82) is 0 Å². The fourth-order valence-corrected chi connectivity index (χ4v) is 3.00. The van der Waals surface area contributed by atoms with Crippen molar-refractivity contribution in [2.75, 3.05) is 33.4 Å². The third-order valence-corrected chi connectivity index (χ3v) is 4.36. The summed E-state index contributed by atoms with van der Waals surface area (Å²) in [5, 5.41) is 0.529. The number of pyridine rings is 1. The van der Waals surface area contributed by atoms with Crippen LogP contribution in [0.25, 0.3) is 10.9 Å². The molecule has 0 spiro atoms. The van der Waals surface area contributed by atoms with E-state index in [0.29, 0.717) is 17.5 Å². The minimum Gasteiger partial charge on any atom is -0.465 e. The van der Waals surface area contributed by atoms with E-state index in [1.807, 2.05) is 6.92 Å². The second kappa shape index (κ2) is 6.52. The molecule has 0 radical (unpaired) electrons. The Bertz CT molecular complexity index is 791. The number of aromatic nitrogens is 1. The van der Waals surface area contributed by atoms with Gasteiger partial charge in [0, 0.05) is 16.6 Å². The molecule has 0 amide bonds. The number of hydrogen-bond acceptors (Lipinski definition) is 4. The summed E-state index contributed by atoms with van der Waals surface area (Å²) in [4.78, 5) is 29.2. The Morgan fingerprint density at radius 3 is 2.78 bits per heavy atom. The molecule has 1 fully saturated rings. The molecule has 2 heterocycles. The van der Waals surface area contributed by atoms with Crippen molar-refractivity contribution in [1.82, 2.24) is 4.98 Å². The van der Waals surface area contributed by atoms with Gasteiger partial charge in [0.25, 0.3) is 0 Å². The van der Waals surface area contributed by atoms with E-state index in [2.05, 4.69) is 4.98 Å².